The van der Waals surface area contributed by atoms with Crippen molar-refractivity contribution in [2.45, 2.75) is 12.8 Å². The van der Waals surface area contributed by atoms with Crippen LogP contribution in [0.5, 0.6) is 0 Å². The minimum absolute atomic E-state index is 0.929. The molecule has 0 saturated heterocycles. The smallest absolute Gasteiger partial charge is 0.0135 e. The van der Waals surface area contributed by atoms with Gasteiger partial charge in [-0.2, -0.15) is 0 Å². The fraction of sp³-hybridized carbons (Fsp3) is 0.750. The Labute approximate surface area is 96.8 Å². The van der Waals surface area contributed by atoms with E-state index < -0.39 is 0 Å². The van der Waals surface area contributed by atoms with Gasteiger partial charge in [-0.3, -0.25) is 0 Å². The highest BCUT2D eigenvalue weighted by Crippen LogP contribution is 2.84. The largest absolute Gasteiger partial charge is 0.0993 e. The van der Waals surface area contributed by atoms with Crippen molar-refractivity contribution in [3.63, 3.8) is 0 Å². The van der Waals surface area contributed by atoms with Gasteiger partial charge < -0.3 is 0 Å². The Morgan fingerprint density at radius 2 is 1.25 bits per heavy atom. The average molecular weight is 210 g/mol. The van der Waals surface area contributed by atoms with E-state index in [1.807, 2.05) is 0 Å². The van der Waals surface area contributed by atoms with Gasteiger partial charge in [0.25, 0.3) is 0 Å². The van der Waals surface area contributed by atoms with Crippen molar-refractivity contribution >= 4 is 0 Å². The van der Waals surface area contributed by atoms with Gasteiger partial charge >= 0.3 is 0 Å². The second-order valence-corrected chi connectivity index (χ2v) is 7.52. The second kappa shape index (κ2) is 1.87. The first-order valence-electron chi connectivity index (χ1n) is 7.16. The molecule has 6 aliphatic rings. The van der Waals surface area contributed by atoms with Crippen molar-refractivity contribution < 1.29 is 0 Å². The highest BCUT2D eigenvalue weighted by atomic mass is 14.8. The molecule has 0 heterocycles. The summed E-state index contributed by atoms with van der Waals surface area (Å²) in [4.78, 5) is 0. The van der Waals surface area contributed by atoms with Crippen molar-refractivity contribution in [2.24, 2.45) is 59.2 Å². The molecule has 0 nitrogen and oxygen atoms in total. The van der Waals surface area contributed by atoms with E-state index >= 15 is 0 Å². The average Bonchev–Trinajstić information content (AvgIpc) is 2.92. The van der Waals surface area contributed by atoms with Crippen LogP contribution in [-0.4, -0.2) is 0 Å². The van der Waals surface area contributed by atoms with E-state index in [4.69, 9.17) is 0 Å². The van der Waals surface area contributed by atoms with Crippen molar-refractivity contribution in [3.8, 4) is 0 Å². The predicted molar refractivity (Wildman–Crippen MR) is 62.4 cm³/mol. The van der Waals surface area contributed by atoms with Crippen molar-refractivity contribution in [1.29, 1.82) is 0 Å². The normalized spacial score (nSPS) is 75.2. The van der Waals surface area contributed by atoms with Crippen LogP contribution in [0.1, 0.15) is 12.8 Å². The molecule has 0 aromatic carbocycles. The number of allylic oxidation sites excluding steroid dienone is 2. The van der Waals surface area contributed by atoms with E-state index in [2.05, 4.69) is 13.2 Å². The number of hydrogen-bond donors (Lipinski definition) is 0. The zero-order chi connectivity index (χ0) is 10.3. The Bertz CT molecular complexity index is 432. The molecular formula is C16H18. The molecule has 8 unspecified atom stereocenters. The fourth-order valence-electron chi connectivity index (χ4n) is 8.06. The summed E-state index contributed by atoms with van der Waals surface area (Å²) in [6.45, 7) is 9.04. The minimum atomic E-state index is 0.929. The van der Waals surface area contributed by atoms with Crippen LogP contribution in [0.15, 0.2) is 24.3 Å². The van der Waals surface area contributed by atoms with Gasteiger partial charge in [0.1, 0.15) is 0 Å². The lowest BCUT2D eigenvalue weighted by Crippen LogP contribution is -2.28. The van der Waals surface area contributed by atoms with Crippen molar-refractivity contribution in [2.75, 3.05) is 0 Å². The Balaban J connectivity index is 1.75. The molecule has 0 aliphatic heterocycles. The quantitative estimate of drug-likeness (QED) is 0.539. The summed E-state index contributed by atoms with van der Waals surface area (Å²) in [6, 6.07) is 0. The molecule has 0 N–H and O–H groups in total. The first kappa shape index (κ1) is 7.74. The Hall–Kier alpha value is -0.520. The lowest BCUT2D eigenvalue weighted by molar-refractivity contribution is 0.218. The van der Waals surface area contributed by atoms with Gasteiger partial charge in [0.15, 0.2) is 0 Å². The maximum absolute atomic E-state index is 4.52. The third-order valence-electron chi connectivity index (χ3n) is 7.86. The molecule has 82 valence electrons. The summed E-state index contributed by atoms with van der Waals surface area (Å²) in [5.41, 5.74) is 3.40. The highest BCUT2D eigenvalue weighted by Gasteiger charge is 2.79. The van der Waals surface area contributed by atoms with Crippen molar-refractivity contribution in [3.05, 3.63) is 24.3 Å². The first-order chi connectivity index (χ1) is 7.79. The molecular weight excluding hydrogens is 192 g/mol. The summed E-state index contributed by atoms with van der Waals surface area (Å²) >= 11 is 0. The summed E-state index contributed by atoms with van der Waals surface area (Å²) in [6.07, 6.45) is 3.00. The second-order valence-electron chi connectivity index (χ2n) is 7.52. The summed E-state index contributed by atoms with van der Waals surface area (Å²) in [5.74, 6) is 10.2. The van der Waals surface area contributed by atoms with Crippen LogP contribution in [0.3, 0.4) is 0 Å². The number of rotatable bonds is 0. The molecule has 0 amide bonds. The predicted octanol–water partition coefficient (Wildman–Crippen LogP) is 3.12. The molecule has 6 fully saturated rings. The Morgan fingerprint density at radius 1 is 0.688 bits per heavy atom. The molecule has 6 aliphatic carbocycles. The molecule has 0 aromatic rings. The van der Waals surface area contributed by atoms with E-state index in [1.165, 1.54) is 6.42 Å². The molecule has 0 spiro atoms. The Kier molecular flexibility index (Phi) is 0.906. The lowest BCUT2D eigenvalue weighted by atomic mass is 9.70. The maximum atomic E-state index is 4.52. The van der Waals surface area contributed by atoms with Gasteiger partial charge in [0, 0.05) is 0 Å². The third kappa shape index (κ3) is 0.461. The Morgan fingerprint density at radius 3 is 1.81 bits per heavy atom. The zero-order valence-corrected chi connectivity index (χ0v) is 9.60. The van der Waals surface area contributed by atoms with Gasteiger partial charge in [-0.15, -0.1) is 0 Å². The summed E-state index contributed by atoms with van der Waals surface area (Å²) in [7, 11) is 0. The van der Waals surface area contributed by atoms with E-state index in [-0.39, 0.29) is 0 Å². The molecule has 16 heavy (non-hydrogen) atoms. The van der Waals surface area contributed by atoms with Crippen LogP contribution in [-0.2, 0) is 0 Å². The molecule has 6 rings (SSSR count). The molecule has 0 aromatic heterocycles. The fourth-order valence-corrected chi connectivity index (χ4v) is 8.06. The van der Waals surface area contributed by atoms with E-state index in [0.29, 0.717) is 0 Å². The summed E-state index contributed by atoms with van der Waals surface area (Å²) in [5, 5.41) is 0. The van der Waals surface area contributed by atoms with Gasteiger partial charge in [0.2, 0.25) is 0 Å². The third-order valence-corrected chi connectivity index (χ3v) is 7.86. The molecule has 0 heteroatoms. The zero-order valence-electron chi connectivity index (χ0n) is 9.60. The van der Waals surface area contributed by atoms with Crippen LogP contribution < -0.4 is 0 Å². The number of fused-ring (bicyclic) bond motifs is 3. The minimum Gasteiger partial charge on any atom is -0.0993 e. The van der Waals surface area contributed by atoms with E-state index in [0.717, 1.165) is 59.2 Å². The highest BCUT2D eigenvalue weighted by molar-refractivity contribution is 5.42. The number of hydrogen-bond acceptors (Lipinski definition) is 0. The summed E-state index contributed by atoms with van der Waals surface area (Å²) < 4.78 is 0. The molecule has 8 atom stereocenters. The van der Waals surface area contributed by atoms with Crippen LogP contribution in [0, 0.1) is 59.2 Å². The SMILES string of the molecule is C=C1C2CC3C(=C)C4C5CC6C(C15)C2C3C64. The van der Waals surface area contributed by atoms with Gasteiger partial charge in [-0.25, -0.2) is 0 Å². The molecule has 0 radical (unpaired) electrons. The topological polar surface area (TPSA) is 0 Å². The monoisotopic (exact) mass is 210 g/mol. The standard InChI is InChI=1S/C16H18/c1-5-7-3-8-6(2)12-9-4-10-15(11(5)9)13(7)14(8)16(10)12/h7-16H,1-4H2. The van der Waals surface area contributed by atoms with Crippen LogP contribution in [0.4, 0.5) is 0 Å². The van der Waals surface area contributed by atoms with Gasteiger partial charge in [-0.1, -0.05) is 24.3 Å². The molecule has 2 bridgehead atoms. The van der Waals surface area contributed by atoms with Gasteiger partial charge in [0.05, 0.1) is 0 Å². The van der Waals surface area contributed by atoms with Gasteiger partial charge in [-0.05, 0) is 72.0 Å². The van der Waals surface area contributed by atoms with Crippen LogP contribution in [0.25, 0.3) is 0 Å². The lowest BCUT2D eigenvalue weighted by Gasteiger charge is -2.34. The maximum Gasteiger partial charge on any atom is -0.0135 e. The van der Waals surface area contributed by atoms with Crippen LogP contribution in [0.2, 0.25) is 0 Å². The van der Waals surface area contributed by atoms with E-state index in [9.17, 15) is 0 Å². The van der Waals surface area contributed by atoms with Crippen LogP contribution >= 0.6 is 0 Å². The molecule has 6 saturated carbocycles. The first-order valence-corrected chi connectivity index (χ1v) is 7.16. The van der Waals surface area contributed by atoms with Crippen molar-refractivity contribution in [1.82, 2.24) is 0 Å². The van der Waals surface area contributed by atoms with E-state index in [1.54, 1.807) is 17.6 Å².